The first kappa shape index (κ1) is 15.9. The minimum atomic E-state index is -0.705. The fourth-order valence-electron chi connectivity index (χ4n) is 1.57. The lowest BCUT2D eigenvalue weighted by atomic mass is 10.1. The van der Waals surface area contributed by atoms with Crippen LogP contribution >= 0.6 is 0 Å². The SMILES string of the molecule is CCOC(COc1ccc(C(C)O)cc1F)OCC. The van der Waals surface area contributed by atoms with Crippen molar-refractivity contribution in [2.45, 2.75) is 33.2 Å². The molecule has 1 N–H and O–H groups in total. The van der Waals surface area contributed by atoms with Crippen molar-refractivity contribution in [3.63, 3.8) is 0 Å². The van der Waals surface area contributed by atoms with E-state index in [2.05, 4.69) is 0 Å². The Hall–Kier alpha value is -1.17. The van der Waals surface area contributed by atoms with E-state index in [0.717, 1.165) is 0 Å². The molecule has 0 saturated carbocycles. The predicted octanol–water partition coefficient (Wildman–Crippen LogP) is 2.66. The van der Waals surface area contributed by atoms with Gasteiger partial charge in [-0.15, -0.1) is 0 Å². The van der Waals surface area contributed by atoms with Crippen molar-refractivity contribution in [2.24, 2.45) is 0 Å². The van der Waals surface area contributed by atoms with Crippen molar-refractivity contribution in [1.29, 1.82) is 0 Å². The van der Waals surface area contributed by atoms with E-state index in [-0.39, 0.29) is 12.4 Å². The lowest BCUT2D eigenvalue weighted by Gasteiger charge is -2.18. The van der Waals surface area contributed by atoms with Crippen molar-refractivity contribution in [3.8, 4) is 5.75 Å². The van der Waals surface area contributed by atoms with Gasteiger partial charge < -0.3 is 19.3 Å². The summed E-state index contributed by atoms with van der Waals surface area (Å²) in [6.07, 6.45) is -1.21. The van der Waals surface area contributed by atoms with Gasteiger partial charge in [-0.3, -0.25) is 0 Å². The van der Waals surface area contributed by atoms with Gasteiger partial charge in [-0.2, -0.15) is 0 Å². The molecule has 0 heterocycles. The van der Waals surface area contributed by atoms with Gasteiger partial charge in [-0.05, 0) is 38.5 Å². The quantitative estimate of drug-likeness (QED) is 0.739. The molecule has 0 amide bonds. The van der Waals surface area contributed by atoms with Crippen molar-refractivity contribution in [3.05, 3.63) is 29.6 Å². The van der Waals surface area contributed by atoms with Gasteiger partial charge in [0.15, 0.2) is 17.9 Å². The Bertz CT molecular complexity index is 376. The van der Waals surface area contributed by atoms with E-state index in [1.54, 1.807) is 13.0 Å². The van der Waals surface area contributed by atoms with Gasteiger partial charge in [0.1, 0.15) is 6.61 Å². The van der Waals surface area contributed by atoms with Gasteiger partial charge in [0.2, 0.25) is 0 Å². The summed E-state index contributed by atoms with van der Waals surface area (Å²) in [5, 5.41) is 9.35. The van der Waals surface area contributed by atoms with Gasteiger partial charge in [-0.25, -0.2) is 4.39 Å². The summed E-state index contributed by atoms with van der Waals surface area (Å²) in [6.45, 7) is 6.39. The monoisotopic (exact) mass is 272 g/mol. The molecule has 1 unspecified atom stereocenters. The standard InChI is InChI=1S/C14H21FO4/c1-4-17-14(18-5-2)9-19-13-7-6-11(10(3)16)8-12(13)15/h6-8,10,14,16H,4-5,9H2,1-3H3. The second-order valence-corrected chi connectivity index (χ2v) is 4.02. The highest BCUT2D eigenvalue weighted by atomic mass is 19.1. The van der Waals surface area contributed by atoms with E-state index in [1.807, 2.05) is 13.8 Å². The smallest absolute Gasteiger partial charge is 0.191 e. The molecule has 0 spiro atoms. The molecule has 0 saturated heterocycles. The topological polar surface area (TPSA) is 47.9 Å². The molecule has 1 rings (SSSR count). The molecule has 0 aliphatic rings. The largest absolute Gasteiger partial charge is 0.485 e. The van der Waals surface area contributed by atoms with Crippen LogP contribution in [0.5, 0.6) is 5.75 Å². The van der Waals surface area contributed by atoms with E-state index >= 15 is 0 Å². The maximum Gasteiger partial charge on any atom is 0.191 e. The Kier molecular flexibility index (Phi) is 6.77. The highest BCUT2D eigenvalue weighted by Gasteiger charge is 2.12. The third kappa shape index (κ3) is 5.14. The van der Waals surface area contributed by atoms with Gasteiger partial charge >= 0.3 is 0 Å². The van der Waals surface area contributed by atoms with Crippen LogP contribution in [0.4, 0.5) is 4.39 Å². The zero-order valence-electron chi connectivity index (χ0n) is 11.6. The van der Waals surface area contributed by atoms with Gasteiger partial charge in [0.25, 0.3) is 0 Å². The van der Waals surface area contributed by atoms with Crippen LogP contribution in [0.1, 0.15) is 32.4 Å². The third-order valence-electron chi connectivity index (χ3n) is 2.52. The summed E-state index contributed by atoms with van der Waals surface area (Å²) in [5.74, 6) is -0.390. The van der Waals surface area contributed by atoms with Crippen LogP contribution < -0.4 is 4.74 Å². The molecule has 19 heavy (non-hydrogen) atoms. The number of ether oxygens (including phenoxy) is 3. The Labute approximate surface area is 113 Å². The second kappa shape index (κ2) is 8.09. The highest BCUT2D eigenvalue weighted by molar-refractivity contribution is 5.30. The maximum absolute atomic E-state index is 13.7. The number of hydrogen-bond acceptors (Lipinski definition) is 4. The summed E-state index contributed by atoms with van der Waals surface area (Å²) < 4.78 is 29.6. The molecule has 4 nitrogen and oxygen atoms in total. The third-order valence-corrected chi connectivity index (χ3v) is 2.52. The number of rotatable bonds is 8. The average molecular weight is 272 g/mol. The minimum Gasteiger partial charge on any atom is -0.485 e. The number of aliphatic hydroxyl groups is 1. The summed E-state index contributed by atoms with van der Waals surface area (Å²) in [6, 6.07) is 4.38. The molecule has 1 atom stereocenters. The van der Waals surface area contributed by atoms with Gasteiger partial charge in [0.05, 0.1) is 6.10 Å². The van der Waals surface area contributed by atoms with Crippen LogP contribution in [0.15, 0.2) is 18.2 Å². The van der Waals surface area contributed by atoms with E-state index in [0.29, 0.717) is 18.8 Å². The lowest BCUT2D eigenvalue weighted by molar-refractivity contribution is -0.152. The molecule has 0 bridgehead atoms. The Morgan fingerprint density at radius 3 is 2.32 bits per heavy atom. The highest BCUT2D eigenvalue weighted by Crippen LogP contribution is 2.22. The molecular weight excluding hydrogens is 251 g/mol. The normalized spacial score (nSPS) is 12.7. The molecule has 5 heteroatoms. The molecule has 108 valence electrons. The minimum absolute atomic E-state index is 0.118. The molecule has 0 radical (unpaired) electrons. The summed E-state index contributed by atoms with van der Waals surface area (Å²) in [5.41, 5.74) is 0.510. The molecule has 0 aliphatic heterocycles. The number of hydrogen-bond donors (Lipinski definition) is 1. The Morgan fingerprint density at radius 2 is 1.84 bits per heavy atom. The first-order valence-corrected chi connectivity index (χ1v) is 6.42. The molecule has 0 fully saturated rings. The van der Waals surface area contributed by atoms with Crippen molar-refractivity contribution >= 4 is 0 Å². The zero-order chi connectivity index (χ0) is 14.3. The second-order valence-electron chi connectivity index (χ2n) is 4.02. The summed E-state index contributed by atoms with van der Waals surface area (Å²) in [4.78, 5) is 0. The van der Waals surface area contributed by atoms with Crippen LogP contribution in [0.2, 0.25) is 0 Å². The number of aliphatic hydroxyl groups excluding tert-OH is 1. The molecular formula is C14H21FO4. The van der Waals surface area contributed by atoms with E-state index in [9.17, 15) is 9.50 Å². The van der Waals surface area contributed by atoms with Crippen LogP contribution in [-0.4, -0.2) is 31.2 Å². The van der Waals surface area contributed by atoms with Gasteiger partial charge in [0, 0.05) is 13.2 Å². The fourth-order valence-corrected chi connectivity index (χ4v) is 1.57. The summed E-state index contributed by atoms with van der Waals surface area (Å²) in [7, 11) is 0. The van der Waals surface area contributed by atoms with Crippen molar-refractivity contribution in [2.75, 3.05) is 19.8 Å². The van der Waals surface area contributed by atoms with E-state index < -0.39 is 18.2 Å². The number of benzene rings is 1. The summed E-state index contributed by atoms with van der Waals surface area (Å²) >= 11 is 0. The molecule has 1 aromatic rings. The van der Waals surface area contributed by atoms with Crippen LogP contribution in [0.3, 0.4) is 0 Å². The van der Waals surface area contributed by atoms with Crippen LogP contribution in [0.25, 0.3) is 0 Å². The van der Waals surface area contributed by atoms with Gasteiger partial charge in [-0.1, -0.05) is 6.07 Å². The average Bonchev–Trinajstić information content (AvgIpc) is 2.37. The number of halogens is 1. The van der Waals surface area contributed by atoms with E-state index in [4.69, 9.17) is 14.2 Å². The molecule has 1 aromatic carbocycles. The van der Waals surface area contributed by atoms with Crippen molar-refractivity contribution in [1.82, 2.24) is 0 Å². The van der Waals surface area contributed by atoms with Crippen LogP contribution in [-0.2, 0) is 9.47 Å². The lowest BCUT2D eigenvalue weighted by Crippen LogP contribution is -2.25. The predicted molar refractivity (Wildman–Crippen MR) is 69.6 cm³/mol. The molecule has 0 aliphatic carbocycles. The first-order valence-electron chi connectivity index (χ1n) is 6.42. The van der Waals surface area contributed by atoms with Crippen molar-refractivity contribution < 1.29 is 23.7 Å². The fraction of sp³-hybridized carbons (Fsp3) is 0.571. The van der Waals surface area contributed by atoms with Crippen LogP contribution in [0, 0.1) is 5.82 Å². The molecule has 0 aromatic heterocycles. The first-order chi connectivity index (χ1) is 9.08. The Morgan fingerprint density at radius 1 is 1.21 bits per heavy atom. The van der Waals surface area contributed by atoms with E-state index in [1.165, 1.54) is 12.1 Å². The Balaban J connectivity index is 2.61. The maximum atomic E-state index is 13.7. The zero-order valence-corrected chi connectivity index (χ0v) is 11.6.